The summed E-state index contributed by atoms with van der Waals surface area (Å²) in [6.45, 7) is 3.66. The van der Waals surface area contributed by atoms with Crippen LogP contribution >= 0.6 is 0 Å². The molecule has 2 nitrogen and oxygen atoms in total. The van der Waals surface area contributed by atoms with Gasteiger partial charge < -0.3 is 5.11 Å². The van der Waals surface area contributed by atoms with Gasteiger partial charge in [0.15, 0.2) is 0 Å². The molecule has 1 N–H and O–H groups in total. The van der Waals surface area contributed by atoms with E-state index in [0.717, 1.165) is 11.1 Å². The Labute approximate surface area is 65.7 Å². The number of nitriles is 1. The second-order valence-electron chi connectivity index (χ2n) is 2.57. The van der Waals surface area contributed by atoms with E-state index in [1.54, 1.807) is 6.07 Å². The molecule has 0 heterocycles. The van der Waals surface area contributed by atoms with Crippen molar-refractivity contribution in [2.45, 2.75) is 13.8 Å². The van der Waals surface area contributed by atoms with E-state index >= 15 is 0 Å². The molecule has 0 unspecified atom stereocenters. The van der Waals surface area contributed by atoms with Crippen molar-refractivity contribution in [1.29, 1.82) is 5.26 Å². The van der Waals surface area contributed by atoms with Crippen LogP contribution in [0.3, 0.4) is 0 Å². The number of hydrogen-bond donors (Lipinski definition) is 1. The minimum absolute atomic E-state index is 0.187. The molecule has 56 valence electrons. The molecule has 2 heteroatoms. The van der Waals surface area contributed by atoms with Crippen molar-refractivity contribution >= 4 is 0 Å². The van der Waals surface area contributed by atoms with Gasteiger partial charge in [0.1, 0.15) is 5.75 Å². The number of phenols is 1. The molecule has 0 amide bonds. The number of phenolic OH excluding ortho intramolecular Hbond substituents is 1. The van der Waals surface area contributed by atoms with E-state index < -0.39 is 0 Å². The van der Waals surface area contributed by atoms with Gasteiger partial charge in [0.05, 0.1) is 11.6 Å². The molecule has 0 aromatic heterocycles. The number of aromatic hydroxyl groups is 1. The molecule has 0 bridgehead atoms. The molecular formula is C9H9NO. The van der Waals surface area contributed by atoms with E-state index in [1.807, 2.05) is 19.9 Å². The fourth-order valence-electron chi connectivity index (χ4n) is 0.961. The molecule has 0 radical (unpaired) electrons. The van der Waals surface area contributed by atoms with E-state index in [-0.39, 0.29) is 5.75 Å². The van der Waals surface area contributed by atoms with Crippen LogP contribution in [0, 0.1) is 25.2 Å². The van der Waals surface area contributed by atoms with Crippen LogP contribution in [0.1, 0.15) is 16.7 Å². The van der Waals surface area contributed by atoms with Gasteiger partial charge in [-0.2, -0.15) is 5.26 Å². The third-order valence-electron chi connectivity index (χ3n) is 1.66. The van der Waals surface area contributed by atoms with E-state index in [0.29, 0.717) is 5.56 Å². The third kappa shape index (κ3) is 1.32. The number of hydrogen-bond acceptors (Lipinski definition) is 2. The van der Waals surface area contributed by atoms with Gasteiger partial charge in [0, 0.05) is 0 Å². The molecule has 0 atom stereocenters. The van der Waals surface area contributed by atoms with Gasteiger partial charge in [-0.05, 0) is 31.0 Å². The topological polar surface area (TPSA) is 44.0 Å². The lowest BCUT2D eigenvalue weighted by Gasteiger charge is -2.01. The molecule has 0 aliphatic heterocycles. The fourth-order valence-corrected chi connectivity index (χ4v) is 0.961. The Morgan fingerprint density at radius 2 is 1.91 bits per heavy atom. The molecule has 0 saturated carbocycles. The summed E-state index contributed by atoms with van der Waals surface area (Å²) in [5, 5.41) is 17.8. The monoisotopic (exact) mass is 147 g/mol. The molecule has 11 heavy (non-hydrogen) atoms. The molecule has 1 aromatic rings. The summed E-state index contributed by atoms with van der Waals surface area (Å²) in [5.41, 5.74) is 2.25. The molecule has 0 fully saturated rings. The van der Waals surface area contributed by atoms with Crippen molar-refractivity contribution in [2.75, 3.05) is 0 Å². The van der Waals surface area contributed by atoms with Crippen molar-refractivity contribution in [3.05, 3.63) is 28.8 Å². The van der Waals surface area contributed by atoms with E-state index in [1.165, 1.54) is 6.07 Å². The fraction of sp³-hybridized carbons (Fsp3) is 0.222. The van der Waals surface area contributed by atoms with Crippen molar-refractivity contribution < 1.29 is 5.11 Å². The lowest BCUT2D eigenvalue weighted by molar-refractivity contribution is 0.471. The molecule has 0 aliphatic rings. The summed E-state index contributed by atoms with van der Waals surface area (Å²) in [5.74, 6) is 0.187. The highest BCUT2D eigenvalue weighted by molar-refractivity contribution is 5.46. The maximum Gasteiger partial charge on any atom is 0.119 e. The van der Waals surface area contributed by atoms with E-state index in [4.69, 9.17) is 5.26 Å². The first-order chi connectivity index (χ1) is 5.15. The lowest BCUT2D eigenvalue weighted by atomic mass is 10.1. The summed E-state index contributed by atoms with van der Waals surface area (Å²) in [7, 11) is 0. The first-order valence-corrected chi connectivity index (χ1v) is 3.35. The third-order valence-corrected chi connectivity index (χ3v) is 1.66. The molecule has 1 rings (SSSR count). The van der Waals surface area contributed by atoms with Crippen LogP contribution in [0.4, 0.5) is 0 Å². The van der Waals surface area contributed by atoms with Crippen molar-refractivity contribution in [3.8, 4) is 11.8 Å². The van der Waals surface area contributed by atoms with Crippen LogP contribution in [0.5, 0.6) is 5.75 Å². The van der Waals surface area contributed by atoms with Crippen LogP contribution in [-0.4, -0.2) is 5.11 Å². The van der Waals surface area contributed by atoms with Gasteiger partial charge in [0.25, 0.3) is 0 Å². The highest BCUT2D eigenvalue weighted by Crippen LogP contribution is 2.20. The second kappa shape index (κ2) is 2.63. The van der Waals surface area contributed by atoms with Gasteiger partial charge >= 0.3 is 0 Å². The van der Waals surface area contributed by atoms with Crippen molar-refractivity contribution in [3.63, 3.8) is 0 Å². The van der Waals surface area contributed by atoms with Crippen LogP contribution in [0.25, 0.3) is 0 Å². The zero-order valence-corrected chi connectivity index (χ0v) is 6.55. The number of benzene rings is 1. The van der Waals surface area contributed by atoms with Crippen molar-refractivity contribution in [2.24, 2.45) is 0 Å². The average molecular weight is 147 g/mol. The zero-order chi connectivity index (χ0) is 8.43. The predicted molar refractivity (Wildman–Crippen MR) is 42.3 cm³/mol. The normalized spacial score (nSPS) is 9.18. The summed E-state index contributed by atoms with van der Waals surface area (Å²) >= 11 is 0. The molecule has 1 aromatic carbocycles. The highest BCUT2D eigenvalue weighted by Gasteiger charge is 2.01. The van der Waals surface area contributed by atoms with Crippen molar-refractivity contribution in [1.82, 2.24) is 0 Å². The Morgan fingerprint density at radius 3 is 2.45 bits per heavy atom. The van der Waals surface area contributed by atoms with Gasteiger partial charge in [0.2, 0.25) is 0 Å². The highest BCUT2D eigenvalue weighted by atomic mass is 16.3. The standard InChI is InChI=1S/C9H9NO/c1-6-3-7(2)9(11)4-8(6)5-10/h3-4,11H,1-2H3. The van der Waals surface area contributed by atoms with E-state index in [2.05, 4.69) is 0 Å². The number of aryl methyl sites for hydroxylation is 2. The quantitative estimate of drug-likeness (QED) is 0.608. The van der Waals surface area contributed by atoms with Crippen LogP contribution in [0.2, 0.25) is 0 Å². The Kier molecular flexibility index (Phi) is 1.82. The molecule has 0 saturated heterocycles. The Morgan fingerprint density at radius 1 is 1.27 bits per heavy atom. The minimum Gasteiger partial charge on any atom is -0.508 e. The van der Waals surface area contributed by atoms with Gasteiger partial charge in [-0.25, -0.2) is 0 Å². The van der Waals surface area contributed by atoms with Crippen LogP contribution < -0.4 is 0 Å². The summed E-state index contributed by atoms with van der Waals surface area (Å²) in [4.78, 5) is 0. The average Bonchev–Trinajstić information content (AvgIpc) is 1.97. The van der Waals surface area contributed by atoms with Crippen LogP contribution in [-0.2, 0) is 0 Å². The Balaban J connectivity index is 3.35. The van der Waals surface area contributed by atoms with Crippen LogP contribution in [0.15, 0.2) is 12.1 Å². The summed E-state index contributed by atoms with van der Waals surface area (Å²) in [6.07, 6.45) is 0. The first kappa shape index (κ1) is 7.62. The van der Waals surface area contributed by atoms with Gasteiger partial charge in [-0.15, -0.1) is 0 Å². The predicted octanol–water partition coefficient (Wildman–Crippen LogP) is 1.88. The Hall–Kier alpha value is -1.49. The minimum atomic E-state index is 0.187. The largest absolute Gasteiger partial charge is 0.508 e. The zero-order valence-electron chi connectivity index (χ0n) is 6.55. The van der Waals surface area contributed by atoms with E-state index in [9.17, 15) is 5.11 Å². The summed E-state index contributed by atoms with van der Waals surface area (Å²) < 4.78 is 0. The lowest BCUT2D eigenvalue weighted by Crippen LogP contribution is -1.83. The Bertz CT molecular complexity index is 323. The van der Waals surface area contributed by atoms with Gasteiger partial charge in [-0.3, -0.25) is 0 Å². The summed E-state index contributed by atoms with van der Waals surface area (Å²) in [6, 6.07) is 5.29. The smallest absolute Gasteiger partial charge is 0.119 e. The maximum atomic E-state index is 9.20. The number of rotatable bonds is 0. The molecular weight excluding hydrogens is 138 g/mol. The number of nitrogens with zero attached hydrogens (tertiary/aromatic N) is 1. The second-order valence-corrected chi connectivity index (χ2v) is 2.57. The first-order valence-electron chi connectivity index (χ1n) is 3.35. The maximum absolute atomic E-state index is 9.20. The SMILES string of the molecule is Cc1cc(C)c(C#N)cc1O. The molecule has 0 aliphatic carbocycles. The molecule has 0 spiro atoms. The van der Waals surface area contributed by atoms with Gasteiger partial charge in [-0.1, -0.05) is 6.07 Å².